The average molecular weight is 587 g/mol. The van der Waals surface area contributed by atoms with E-state index in [1.165, 1.54) is 0 Å². The molecule has 4 nitrogen and oxygen atoms in total. The third kappa shape index (κ3) is 5.96. The van der Waals surface area contributed by atoms with Crippen molar-refractivity contribution in [1.29, 1.82) is 0 Å². The summed E-state index contributed by atoms with van der Waals surface area (Å²) in [6.45, 7) is 0.447. The number of carbonyl (C=O) groups is 1. The molecule has 5 aromatic rings. The number of anilines is 1. The van der Waals surface area contributed by atoms with E-state index >= 15 is 0 Å². The largest absolute Gasteiger partial charge is 0.302 e. The quantitative estimate of drug-likeness (QED) is 0.139. The second kappa shape index (κ2) is 12.4. The summed E-state index contributed by atoms with van der Waals surface area (Å²) < 4.78 is 0. The smallest absolute Gasteiger partial charge is 0.279 e. The van der Waals surface area contributed by atoms with Crippen molar-refractivity contribution < 1.29 is 4.79 Å². The molecular formula is C36H25Cl2N3O. The third-order valence-electron chi connectivity index (χ3n) is 7.00. The van der Waals surface area contributed by atoms with Crippen molar-refractivity contribution in [2.75, 3.05) is 4.90 Å². The van der Waals surface area contributed by atoms with Gasteiger partial charge in [-0.3, -0.25) is 4.79 Å². The Hall–Kier alpha value is -4.77. The highest BCUT2D eigenvalue weighted by Crippen LogP contribution is 2.31. The molecule has 0 aliphatic carbocycles. The standard InChI is InChI=1S/C36H25Cl2N3O/c37-29-19-15-26(16-20-29)32(27-17-21-30(38)22-18-27)23-33(28-11-5-2-6-12-28)39-40-35-31-13-7-8-14-34(31)41(36(35)42)24-25-9-3-1-4-10-25/h1-23H,24H2/b39-33+,40-35-. The van der Waals surface area contributed by atoms with Crippen molar-refractivity contribution >= 4 is 51.8 Å². The number of nitrogens with zero attached hydrogens (tertiary/aromatic N) is 3. The van der Waals surface area contributed by atoms with Crippen LogP contribution in [0.3, 0.4) is 0 Å². The Balaban J connectivity index is 1.47. The molecule has 0 spiro atoms. The van der Waals surface area contributed by atoms with E-state index in [9.17, 15) is 4.79 Å². The van der Waals surface area contributed by atoms with Crippen molar-refractivity contribution in [3.8, 4) is 0 Å². The number of carbonyl (C=O) groups excluding carboxylic acids is 1. The van der Waals surface area contributed by atoms with E-state index in [-0.39, 0.29) is 5.91 Å². The van der Waals surface area contributed by atoms with Crippen molar-refractivity contribution in [2.24, 2.45) is 10.2 Å². The second-order valence-electron chi connectivity index (χ2n) is 9.77. The maximum absolute atomic E-state index is 13.7. The average Bonchev–Trinajstić information content (AvgIpc) is 3.29. The minimum Gasteiger partial charge on any atom is -0.302 e. The number of benzene rings is 5. The maximum atomic E-state index is 13.7. The van der Waals surface area contributed by atoms with E-state index in [0.717, 1.165) is 39.1 Å². The van der Waals surface area contributed by atoms with Gasteiger partial charge in [-0.15, -0.1) is 10.2 Å². The number of hydrogen-bond donors (Lipinski definition) is 0. The fourth-order valence-electron chi connectivity index (χ4n) is 4.89. The van der Waals surface area contributed by atoms with Crippen molar-refractivity contribution in [3.05, 3.63) is 177 Å². The summed E-state index contributed by atoms with van der Waals surface area (Å²) in [6, 6.07) is 42.7. The van der Waals surface area contributed by atoms with Gasteiger partial charge in [0.05, 0.1) is 17.9 Å². The highest BCUT2D eigenvalue weighted by molar-refractivity contribution is 6.54. The number of fused-ring (bicyclic) bond motifs is 1. The highest BCUT2D eigenvalue weighted by atomic mass is 35.5. The molecule has 0 atom stereocenters. The van der Waals surface area contributed by atoms with Crippen LogP contribution < -0.4 is 4.90 Å². The van der Waals surface area contributed by atoms with Crippen LogP contribution in [0.1, 0.15) is 27.8 Å². The van der Waals surface area contributed by atoms with Crippen LogP contribution in [0.15, 0.2) is 150 Å². The molecule has 42 heavy (non-hydrogen) atoms. The summed E-state index contributed by atoms with van der Waals surface area (Å²) in [4.78, 5) is 15.5. The van der Waals surface area contributed by atoms with E-state index in [0.29, 0.717) is 28.0 Å². The van der Waals surface area contributed by atoms with Crippen LogP contribution in [0.25, 0.3) is 5.57 Å². The fourth-order valence-corrected chi connectivity index (χ4v) is 5.14. The predicted molar refractivity (Wildman–Crippen MR) is 174 cm³/mol. The van der Waals surface area contributed by atoms with Crippen molar-refractivity contribution in [1.82, 2.24) is 0 Å². The molecule has 5 aromatic carbocycles. The van der Waals surface area contributed by atoms with Gasteiger partial charge < -0.3 is 4.90 Å². The molecule has 0 radical (unpaired) electrons. The van der Waals surface area contributed by atoms with Gasteiger partial charge in [-0.1, -0.05) is 126 Å². The van der Waals surface area contributed by atoms with Gasteiger partial charge in [0.2, 0.25) is 0 Å². The van der Waals surface area contributed by atoms with Crippen LogP contribution >= 0.6 is 23.2 Å². The third-order valence-corrected chi connectivity index (χ3v) is 7.50. The zero-order valence-electron chi connectivity index (χ0n) is 22.5. The molecule has 0 unspecified atom stereocenters. The van der Waals surface area contributed by atoms with E-state index in [1.54, 1.807) is 4.90 Å². The molecule has 1 heterocycles. The Morgan fingerprint density at radius 3 is 1.81 bits per heavy atom. The number of hydrogen-bond acceptors (Lipinski definition) is 3. The highest BCUT2D eigenvalue weighted by Gasteiger charge is 2.34. The molecule has 0 bridgehead atoms. The lowest BCUT2D eigenvalue weighted by atomic mass is 9.95. The van der Waals surface area contributed by atoms with Gasteiger partial charge in [-0.05, 0) is 58.7 Å². The molecule has 6 heteroatoms. The van der Waals surface area contributed by atoms with Crippen LogP contribution in [-0.2, 0) is 11.3 Å². The lowest BCUT2D eigenvalue weighted by Gasteiger charge is -2.16. The van der Waals surface area contributed by atoms with Gasteiger partial charge in [0.1, 0.15) is 0 Å². The van der Waals surface area contributed by atoms with Gasteiger partial charge >= 0.3 is 0 Å². The molecule has 6 rings (SSSR count). The number of rotatable bonds is 7. The van der Waals surface area contributed by atoms with Crippen LogP contribution in [0.4, 0.5) is 5.69 Å². The summed E-state index contributed by atoms with van der Waals surface area (Å²) in [5, 5.41) is 10.6. The number of amides is 1. The summed E-state index contributed by atoms with van der Waals surface area (Å²) in [5.41, 5.74) is 7.21. The Bertz CT molecular complexity index is 1760. The Morgan fingerprint density at radius 1 is 0.643 bits per heavy atom. The number of para-hydroxylation sites is 1. The molecular weight excluding hydrogens is 561 g/mol. The lowest BCUT2D eigenvalue weighted by molar-refractivity contribution is -0.112. The van der Waals surface area contributed by atoms with E-state index in [1.807, 2.05) is 140 Å². The van der Waals surface area contributed by atoms with Crippen LogP contribution in [0.5, 0.6) is 0 Å². The van der Waals surface area contributed by atoms with E-state index in [2.05, 4.69) is 5.10 Å². The Morgan fingerprint density at radius 2 is 1.19 bits per heavy atom. The lowest BCUT2D eigenvalue weighted by Crippen LogP contribution is -2.29. The van der Waals surface area contributed by atoms with E-state index in [4.69, 9.17) is 28.3 Å². The minimum atomic E-state index is -0.184. The van der Waals surface area contributed by atoms with Crippen molar-refractivity contribution in [2.45, 2.75) is 6.54 Å². The normalized spacial score (nSPS) is 13.8. The first-order valence-electron chi connectivity index (χ1n) is 13.5. The molecule has 1 aliphatic heterocycles. The van der Waals surface area contributed by atoms with Crippen LogP contribution in [-0.4, -0.2) is 17.3 Å². The molecule has 0 saturated heterocycles. The SMILES string of the molecule is O=C1/C(=N\N=C(/C=C(c2ccc(Cl)cc2)c2ccc(Cl)cc2)c2ccccc2)c2ccccc2N1Cc1ccccc1. The topological polar surface area (TPSA) is 45.0 Å². The Labute approximate surface area is 254 Å². The first-order valence-corrected chi connectivity index (χ1v) is 14.2. The molecule has 204 valence electrons. The molecule has 0 N–H and O–H groups in total. The van der Waals surface area contributed by atoms with Crippen molar-refractivity contribution in [3.63, 3.8) is 0 Å². The maximum Gasteiger partial charge on any atom is 0.279 e. The van der Waals surface area contributed by atoms with Gasteiger partial charge in [-0.2, -0.15) is 0 Å². The predicted octanol–water partition coefficient (Wildman–Crippen LogP) is 8.87. The second-order valence-corrected chi connectivity index (χ2v) is 10.6. The van der Waals surface area contributed by atoms with E-state index < -0.39 is 0 Å². The number of halogens is 2. The molecule has 1 amide bonds. The monoisotopic (exact) mass is 585 g/mol. The summed E-state index contributed by atoms with van der Waals surface area (Å²) in [6.07, 6.45) is 1.99. The number of allylic oxidation sites excluding steroid dienone is 1. The zero-order chi connectivity index (χ0) is 28.9. The first-order chi connectivity index (χ1) is 20.6. The van der Waals surface area contributed by atoms with Gasteiger partial charge in [0.15, 0.2) is 5.71 Å². The van der Waals surface area contributed by atoms with Gasteiger partial charge in [0.25, 0.3) is 5.91 Å². The zero-order valence-corrected chi connectivity index (χ0v) is 24.0. The van der Waals surface area contributed by atoms with Crippen LogP contribution in [0.2, 0.25) is 10.0 Å². The van der Waals surface area contributed by atoms with Gasteiger partial charge in [0, 0.05) is 21.2 Å². The van der Waals surface area contributed by atoms with Crippen LogP contribution in [0, 0.1) is 0 Å². The first kappa shape index (κ1) is 27.4. The molecule has 0 aromatic heterocycles. The Kier molecular flexibility index (Phi) is 8.09. The summed E-state index contributed by atoms with van der Waals surface area (Å²) >= 11 is 12.4. The summed E-state index contributed by atoms with van der Waals surface area (Å²) in [7, 11) is 0. The molecule has 0 fully saturated rings. The molecule has 0 saturated carbocycles. The molecule has 1 aliphatic rings. The summed E-state index contributed by atoms with van der Waals surface area (Å²) in [5.74, 6) is -0.184. The minimum absolute atomic E-state index is 0.184. The van der Waals surface area contributed by atoms with Gasteiger partial charge in [-0.25, -0.2) is 0 Å². The fraction of sp³-hybridized carbons (Fsp3) is 0.0278.